The van der Waals surface area contributed by atoms with E-state index in [1.807, 2.05) is 6.26 Å². The van der Waals surface area contributed by atoms with Gasteiger partial charge in [-0.2, -0.15) is 23.5 Å². The third-order valence-electron chi connectivity index (χ3n) is 1.39. The highest BCUT2D eigenvalue weighted by atomic mass is 32.2. The van der Waals surface area contributed by atoms with Gasteiger partial charge in [0.15, 0.2) is 0 Å². The normalized spacial score (nSPS) is 12.1. The molecule has 0 aliphatic carbocycles. The van der Waals surface area contributed by atoms with Gasteiger partial charge >= 0.3 is 5.97 Å². The minimum atomic E-state index is -0.975. The minimum Gasteiger partial charge on any atom is -0.480 e. The van der Waals surface area contributed by atoms with Crippen molar-refractivity contribution in [2.75, 3.05) is 23.5 Å². The molecule has 2 N–H and O–H groups in total. The van der Waals surface area contributed by atoms with Gasteiger partial charge in [-0.1, -0.05) is 0 Å². The average Bonchev–Trinajstić information content (AvgIpc) is 2.09. The van der Waals surface area contributed by atoms with Crippen molar-refractivity contribution in [3.05, 3.63) is 0 Å². The molecule has 0 saturated carbocycles. The molecule has 0 aliphatic heterocycles. The highest BCUT2D eigenvalue weighted by molar-refractivity contribution is 8.02. The van der Waals surface area contributed by atoms with Crippen molar-refractivity contribution >= 4 is 35.4 Å². The van der Waals surface area contributed by atoms with Crippen LogP contribution in [0.3, 0.4) is 0 Å². The lowest BCUT2D eigenvalue weighted by Crippen LogP contribution is -2.41. The van der Waals surface area contributed by atoms with Crippen molar-refractivity contribution in [2.45, 2.75) is 13.0 Å². The number of amides is 1. The Labute approximate surface area is 92.2 Å². The van der Waals surface area contributed by atoms with Crippen LogP contribution in [-0.4, -0.2) is 46.5 Å². The summed E-state index contributed by atoms with van der Waals surface area (Å²) in [6.45, 7) is 1.32. The molecule has 0 rings (SSSR count). The van der Waals surface area contributed by atoms with Crippen LogP contribution in [0.15, 0.2) is 0 Å². The maximum Gasteiger partial charge on any atom is 0.327 e. The van der Waals surface area contributed by atoms with Gasteiger partial charge in [-0.25, -0.2) is 4.79 Å². The summed E-state index contributed by atoms with van der Waals surface area (Å²) in [6, 6.07) is -0.764. The second kappa shape index (κ2) is 7.99. The Morgan fingerprint density at radius 2 is 2.07 bits per heavy atom. The van der Waals surface area contributed by atoms with E-state index in [0.29, 0.717) is 5.75 Å². The quantitative estimate of drug-likeness (QED) is 0.637. The van der Waals surface area contributed by atoms with Crippen LogP contribution in [-0.2, 0) is 9.59 Å². The number of carboxylic acid groups (broad SMARTS) is 1. The average molecular weight is 237 g/mol. The molecule has 0 aliphatic rings. The van der Waals surface area contributed by atoms with E-state index in [2.05, 4.69) is 5.32 Å². The van der Waals surface area contributed by atoms with Gasteiger partial charge < -0.3 is 10.4 Å². The SMILES string of the molecule is CSCCSCC(NC(C)=O)C(=O)O. The zero-order chi connectivity index (χ0) is 11.0. The highest BCUT2D eigenvalue weighted by Gasteiger charge is 2.17. The molecule has 0 aromatic rings. The predicted molar refractivity (Wildman–Crippen MR) is 60.9 cm³/mol. The molecule has 14 heavy (non-hydrogen) atoms. The van der Waals surface area contributed by atoms with Crippen molar-refractivity contribution < 1.29 is 14.7 Å². The summed E-state index contributed by atoms with van der Waals surface area (Å²) in [6.07, 6.45) is 2.00. The number of carbonyl (C=O) groups excluding carboxylic acids is 1. The van der Waals surface area contributed by atoms with Crippen LogP contribution in [0, 0.1) is 0 Å². The molecule has 0 saturated heterocycles. The number of carbonyl (C=O) groups is 2. The summed E-state index contributed by atoms with van der Waals surface area (Å²) in [7, 11) is 0. The van der Waals surface area contributed by atoms with E-state index in [1.54, 1.807) is 11.8 Å². The molecule has 1 unspecified atom stereocenters. The van der Waals surface area contributed by atoms with Crippen molar-refractivity contribution in [2.24, 2.45) is 0 Å². The third kappa shape index (κ3) is 7.08. The molecule has 0 aromatic heterocycles. The van der Waals surface area contributed by atoms with Crippen molar-refractivity contribution in [3.8, 4) is 0 Å². The van der Waals surface area contributed by atoms with E-state index in [-0.39, 0.29) is 5.91 Å². The fraction of sp³-hybridized carbons (Fsp3) is 0.750. The number of hydrogen-bond donors (Lipinski definition) is 2. The third-order valence-corrected chi connectivity index (χ3v) is 3.32. The molecule has 0 heterocycles. The van der Waals surface area contributed by atoms with E-state index < -0.39 is 12.0 Å². The Morgan fingerprint density at radius 3 is 2.50 bits per heavy atom. The number of nitrogens with one attached hydrogen (secondary N) is 1. The first-order valence-electron chi connectivity index (χ1n) is 4.14. The second-order valence-corrected chi connectivity index (χ2v) is 4.79. The molecule has 0 aromatic carbocycles. The molecular formula is C8H15NO3S2. The summed E-state index contributed by atoms with van der Waals surface area (Å²) in [4.78, 5) is 21.3. The second-order valence-electron chi connectivity index (χ2n) is 2.66. The monoisotopic (exact) mass is 237 g/mol. The van der Waals surface area contributed by atoms with Gasteiger partial charge in [0.1, 0.15) is 6.04 Å². The molecule has 1 atom stereocenters. The van der Waals surface area contributed by atoms with Crippen LogP contribution >= 0.6 is 23.5 Å². The summed E-state index contributed by atoms with van der Waals surface area (Å²) < 4.78 is 0. The van der Waals surface area contributed by atoms with E-state index in [1.165, 1.54) is 18.7 Å². The standard InChI is InChI=1S/C8H15NO3S2/c1-6(10)9-7(8(11)12)5-14-4-3-13-2/h7H,3-5H2,1-2H3,(H,9,10)(H,11,12). The zero-order valence-electron chi connectivity index (χ0n) is 8.28. The summed E-state index contributed by atoms with van der Waals surface area (Å²) in [5, 5.41) is 11.1. The maximum absolute atomic E-state index is 10.7. The van der Waals surface area contributed by atoms with Gasteiger partial charge in [0.2, 0.25) is 5.91 Å². The van der Waals surface area contributed by atoms with Crippen LogP contribution in [0.2, 0.25) is 0 Å². The van der Waals surface area contributed by atoms with Crippen LogP contribution in [0.25, 0.3) is 0 Å². The molecular weight excluding hydrogens is 222 g/mol. The first-order valence-corrected chi connectivity index (χ1v) is 6.69. The van der Waals surface area contributed by atoms with Gasteiger partial charge in [0, 0.05) is 24.2 Å². The van der Waals surface area contributed by atoms with Crippen LogP contribution in [0.1, 0.15) is 6.92 Å². The molecule has 0 spiro atoms. The molecule has 0 radical (unpaired) electrons. The summed E-state index contributed by atoms with van der Waals surface area (Å²) in [5.41, 5.74) is 0. The number of hydrogen-bond acceptors (Lipinski definition) is 4. The van der Waals surface area contributed by atoms with Gasteiger partial charge in [0.25, 0.3) is 0 Å². The lowest BCUT2D eigenvalue weighted by atomic mass is 10.3. The lowest BCUT2D eigenvalue weighted by molar-refractivity contribution is -0.140. The van der Waals surface area contributed by atoms with Crippen molar-refractivity contribution in [3.63, 3.8) is 0 Å². The largest absolute Gasteiger partial charge is 0.480 e. The Hall–Kier alpha value is -0.360. The molecule has 0 fully saturated rings. The van der Waals surface area contributed by atoms with E-state index >= 15 is 0 Å². The first-order chi connectivity index (χ1) is 6.57. The number of thioether (sulfide) groups is 2. The van der Waals surface area contributed by atoms with Crippen molar-refractivity contribution in [1.82, 2.24) is 5.32 Å². The Balaban J connectivity index is 3.74. The van der Waals surface area contributed by atoms with Crippen LogP contribution in [0.4, 0.5) is 0 Å². The molecule has 82 valence electrons. The first kappa shape index (κ1) is 13.6. The molecule has 0 bridgehead atoms. The highest BCUT2D eigenvalue weighted by Crippen LogP contribution is 2.06. The maximum atomic E-state index is 10.7. The van der Waals surface area contributed by atoms with Crippen molar-refractivity contribution in [1.29, 1.82) is 0 Å². The fourth-order valence-electron chi connectivity index (χ4n) is 0.763. The van der Waals surface area contributed by atoms with Gasteiger partial charge in [-0.05, 0) is 6.26 Å². The Kier molecular flexibility index (Phi) is 7.78. The van der Waals surface area contributed by atoms with E-state index in [0.717, 1.165) is 11.5 Å². The summed E-state index contributed by atoms with van der Waals surface area (Å²) >= 11 is 3.26. The number of carboxylic acids is 1. The molecule has 4 nitrogen and oxygen atoms in total. The Bertz CT molecular complexity index is 199. The zero-order valence-corrected chi connectivity index (χ0v) is 9.91. The van der Waals surface area contributed by atoms with Gasteiger partial charge in [-0.3, -0.25) is 4.79 Å². The number of rotatable bonds is 7. The van der Waals surface area contributed by atoms with E-state index in [9.17, 15) is 9.59 Å². The van der Waals surface area contributed by atoms with Crippen LogP contribution < -0.4 is 5.32 Å². The summed E-state index contributed by atoms with van der Waals surface area (Å²) in [5.74, 6) is 1.05. The topological polar surface area (TPSA) is 66.4 Å². The van der Waals surface area contributed by atoms with E-state index in [4.69, 9.17) is 5.11 Å². The number of aliphatic carboxylic acids is 1. The van der Waals surface area contributed by atoms with Gasteiger partial charge in [0.05, 0.1) is 0 Å². The smallest absolute Gasteiger partial charge is 0.327 e. The molecule has 6 heteroatoms. The lowest BCUT2D eigenvalue weighted by Gasteiger charge is -2.12. The molecule has 1 amide bonds. The predicted octanol–water partition coefficient (Wildman–Crippen LogP) is 0.672. The minimum absolute atomic E-state index is 0.303. The Morgan fingerprint density at radius 1 is 1.43 bits per heavy atom. The van der Waals surface area contributed by atoms with Crippen LogP contribution in [0.5, 0.6) is 0 Å². The fourth-order valence-corrected chi connectivity index (χ4v) is 2.53. The van der Waals surface area contributed by atoms with Gasteiger partial charge in [-0.15, -0.1) is 0 Å².